The summed E-state index contributed by atoms with van der Waals surface area (Å²) < 4.78 is 18.7. The van der Waals surface area contributed by atoms with Gasteiger partial charge in [-0.05, 0) is 52.4 Å². The van der Waals surface area contributed by atoms with Crippen molar-refractivity contribution in [1.82, 2.24) is 0 Å². The number of ether oxygens (including phenoxy) is 2. The molecule has 0 amide bonds. The van der Waals surface area contributed by atoms with Crippen molar-refractivity contribution < 1.29 is 29.2 Å². The van der Waals surface area contributed by atoms with Crippen molar-refractivity contribution >= 4 is 16.9 Å². The molecule has 0 unspecified atom stereocenters. The first kappa shape index (κ1) is 26.2. The minimum atomic E-state index is -1.13. The minimum Gasteiger partial charge on any atom is -0.489 e. The number of aliphatic hydroxyl groups is 3. The van der Waals surface area contributed by atoms with Crippen LogP contribution in [0.3, 0.4) is 0 Å². The van der Waals surface area contributed by atoms with Crippen molar-refractivity contribution in [3.63, 3.8) is 0 Å². The first-order valence-corrected chi connectivity index (χ1v) is 12.7. The molecule has 2 aliphatic rings. The Morgan fingerprint density at radius 2 is 2.03 bits per heavy atom. The lowest BCUT2D eigenvalue weighted by Crippen LogP contribution is -2.39. The summed E-state index contributed by atoms with van der Waals surface area (Å²) in [6, 6.07) is 1.64. The van der Waals surface area contributed by atoms with E-state index in [1.54, 1.807) is 19.9 Å². The van der Waals surface area contributed by atoms with Crippen LogP contribution in [0.15, 0.2) is 20.3 Å². The van der Waals surface area contributed by atoms with E-state index < -0.39 is 17.8 Å². The monoisotopic (exact) mass is 503 g/mol. The molecule has 10 heteroatoms. The van der Waals surface area contributed by atoms with Gasteiger partial charge in [-0.3, -0.25) is 9.79 Å². The van der Waals surface area contributed by atoms with Crippen LogP contribution in [-0.2, 0) is 12.8 Å². The van der Waals surface area contributed by atoms with E-state index in [0.29, 0.717) is 35.3 Å². The molecular formula is C26H37N3O7. The summed E-state index contributed by atoms with van der Waals surface area (Å²) in [6.45, 7) is 3.41. The number of hydrogen-bond donors (Lipinski definition) is 5. The van der Waals surface area contributed by atoms with Gasteiger partial charge in [-0.25, -0.2) is 0 Å². The number of nitrogens with two attached hydrogens (primary N) is 2. The SMILES string of the molecule is CC(C)(O)[C@@H]1Cc2c(cc3oc([C@H](O)CCN=C(N)N)c(CCCO)c(=O)c3c2OC2CCCC2)O1. The number of aliphatic hydroxyl groups excluding tert-OH is 2. The van der Waals surface area contributed by atoms with Crippen molar-refractivity contribution in [2.24, 2.45) is 16.5 Å². The van der Waals surface area contributed by atoms with Gasteiger partial charge < -0.3 is 40.7 Å². The number of benzene rings is 1. The van der Waals surface area contributed by atoms with Crippen LogP contribution in [0.4, 0.5) is 0 Å². The minimum absolute atomic E-state index is 0.0222. The number of guanidine groups is 1. The molecule has 0 spiro atoms. The molecule has 198 valence electrons. The van der Waals surface area contributed by atoms with Crippen molar-refractivity contribution in [3.05, 3.63) is 33.2 Å². The Kier molecular flexibility index (Phi) is 7.77. The molecule has 1 aromatic carbocycles. The standard InChI is InChI=1S/C26H37N3O7/c1-26(2,33)20-12-16-18(35-20)13-19-21(24(16)34-14-6-3-4-7-14)22(32)15(8-5-11-30)23(36-19)17(31)9-10-29-25(27)28/h13-14,17,20,30-31,33H,3-12H2,1-2H3,(H4,27,28,29)/t17-,20+/m1/s1. The molecule has 1 saturated carbocycles. The zero-order valence-corrected chi connectivity index (χ0v) is 21.0. The predicted molar refractivity (Wildman–Crippen MR) is 135 cm³/mol. The lowest BCUT2D eigenvalue weighted by atomic mass is 9.95. The molecule has 7 N–H and O–H groups in total. The zero-order valence-electron chi connectivity index (χ0n) is 21.0. The van der Waals surface area contributed by atoms with Gasteiger partial charge in [0, 0.05) is 43.2 Å². The van der Waals surface area contributed by atoms with Crippen molar-refractivity contribution in [2.45, 2.75) is 89.1 Å². The first-order valence-electron chi connectivity index (χ1n) is 12.7. The maximum absolute atomic E-state index is 13.9. The molecular weight excluding hydrogens is 466 g/mol. The van der Waals surface area contributed by atoms with E-state index in [4.69, 9.17) is 25.4 Å². The van der Waals surface area contributed by atoms with Gasteiger partial charge in [-0.1, -0.05) is 0 Å². The Morgan fingerprint density at radius 3 is 2.67 bits per heavy atom. The van der Waals surface area contributed by atoms with Gasteiger partial charge in [-0.2, -0.15) is 0 Å². The maximum atomic E-state index is 13.9. The second-order valence-electron chi connectivity index (χ2n) is 10.3. The van der Waals surface area contributed by atoms with Crippen LogP contribution in [-0.4, -0.2) is 52.2 Å². The molecule has 2 heterocycles. The Morgan fingerprint density at radius 1 is 1.31 bits per heavy atom. The van der Waals surface area contributed by atoms with Gasteiger partial charge in [0.1, 0.15) is 40.4 Å². The first-order chi connectivity index (χ1) is 17.1. The summed E-state index contributed by atoms with van der Waals surface area (Å²) >= 11 is 0. The molecule has 0 bridgehead atoms. The van der Waals surface area contributed by atoms with Gasteiger partial charge in [0.2, 0.25) is 0 Å². The van der Waals surface area contributed by atoms with Crippen LogP contribution < -0.4 is 26.4 Å². The van der Waals surface area contributed by atoms with Gasteiger partial charge in [0.25, 0.3) is 0 Å². The maximum Gasteiger partial charge on any atom is 0.200 e. The molecule has 10 nitrogen and oxygen atoms in total. The van der Waals surface area contributed by atoms with E-state index in [1.165, 1.54) is 0 Å². The van der Waals surface area contributed by atoms with Crippen LogP contribution in [0.25, 0.3) is 11.0 Å². The van der Waals surface area contributed by atoms with E-state index in [-0.39, 0.29) is 54.8 Å². The summed E-state index contributed by atoms with van der Waals surface area (Å²) in [5, 5.41) is 31.2. The molecule has 1 aliphatic carbocycles. The molecule has 0 saturated heterocycles. The highest BCUT2D eigenvalue weighted by molar-refractivity contribution is 5.88. The molecule has 1 fully saturated rings. The normalized spacial score (nSPS) is 18.8. The summed E-state index contributed by atoms with van der Waals surface area (Å²) in [7, 11) is 0. The van der Waals surface area contributed by atoms with E-state index in [2.05, 4.69) is 4.99 Å². The van der Waals surface area contributed by atoms with Crippen LogP contribution in [0.5, 0.6) is 11.5 Å². The highest BCUT2D eigenvalue weighted by Gasteiger charge is 2.39. The summed E-state index contributed by atoms with van der Waals surface area (Å²) in [5.74, 6) is 0.956. The molecule has 2 atom stereocenters. The van der Waals surface area contributed by atoms with E-state index >= 15 is 0 Å². The third kappa shape index (κ3) is 5.45. The van der Waals surface area contributed by atoms with Crippen LogP contribution >= 0.6 is 0 Å². The fraction of sp³-hybridized carbons (Fsp3) is 0.615. The second kappa shape index (κ2) is 10.7. The van der Waals surface area contributed by atoms with Gasteiger partial charge in [0.05, 0.1) is 11.7 Å². The average Bonchev–Trinajstić information content (AvgIpc) is 3.47. The molecule has 0 radical (unpaired) electrons. The van der Waals surface area contributed by atoms with Crippen molar-refractivity contribution in [1.29, 1.82) is 0 Å². The van der Waals surface area contributed by atoms with Crippen LogP contribution in [0, 0.1) is 0 Å². The summed E-state index contributed by atoms with van der Waals surface area (Å²) in [5.41, 5.74) is 10.6. The highest BCUT2D eigenvalue weighted by atomic mass is 16.5. The molecule has 36 heavy (non-hydrogen) atoms. The Balaban J connectivity index is 1.87. The Hall–Kier alpha value is -2.82. The lowest BCUT2D eigenvalue weighted by Gasteiger charge is -2.24. The fourth-order valence-corrected chi connectivity index (χ4v) is 4.98. The topological polar surface area (TPSA) is 174 Å². The molecule has 2 aromatic rings. The van der Waals surface area contributed by atoms with Crippen LogP contribution in [0.2, 0.25) is 0 Å². The Bertz CT molecular complexity index is 1170. The summed E-state index contributed by atoms with van der Waals surface area (Å²) in [4.78, 5) is 17.8. The highest BCUT2D eigenvalue weighted by Crippen LogP contribution is 2.45. The summed E-state index contributed by atoms with van der Waals surface area (Å²) in [6.07, 6.45) is 3.34. The number of aliphatic imine (C=N–C) groups is 1. The van der Waals surface area contributed by atoms with Gasteiger partial charge in [-0.15, -0.1) is 0 Å². The fourth-order valence-electron chi connectivity index (χ4n) is 4.98. The van der Waals surface area contributed by atoms with Crippen molar-refractivity contribution in [2.75, 3.05) is 13.2 Å². The van der Waals surface area contributed by atoms with Gasteiger partial charge in [0.15, 0.2) is 11.4 Å². The van der Waals surface area contributed by atoms with E-state index in [1.807, 2.05) is 0 Å². The van der Waals surface area contributed by atoms with Gasteiger partial charge >= 0.3 is 0 Å². The smallest absolute Gasteiger partial charge is 0.200 e. The quantitative estimate of drug-likeness (QED) is 0.239. The largest absolute Gasteiger partial charge is 0.489 e. The molecule has 1 aliphatic heterocycles. The van der Waals surface area contributed by atoms with E-state index in [9.17, 15) is 20.1 Å². The van der Waals surface area contributed by atoms with E-state index in [0.717, 1.165) is 31.2 Å². The predicted octanol–water partition coefficient (Wildman–Crippen LogP) is 1.81. The van der Waals surface area contributed by atoms with Crippen molar-refractivity contribution in [3.8, 4) is 11.5 Å². The molecule has 1 aromatic heterocycles. The number of nitrogens with zero attached hydrogens (tertiary/aromatic N) is 1. The third-order valence-electron chi connectivity index (χ3n) is 6.94. The zero-order chi connectivity index (χ0) is 26.0. The number of fused-ring (bicyclic) bond motifs is 2. The Labute approximate surface area is 209 Å². The lowest BCUT2D eigenvalue weighted by molar-refractivity contribution is -0.0229. The van der Waals surface area contributed by atoms with Crippen LogP contribution in [0.1, 0.15) is 75.4 Å². The number of rotatable bonds is 10. The third-order valence-corrected chi connectivity index (χ3v) is 6.94. The second-order valence-corrected chi connectivity index (χ2v) is 10.3. The number of hydrogen-bond acceptors (Lipinski definition) is 8. The average molecular weight is 504 g/mol. The molecule has 4 rings (SSSR count).